The van der Waals surface area contributed by atoms with Gasteiger partial charge in [0.05, 0.1) is 6.61 Å². The van der Waals surface area contributed by atoms with Crippen LogP contribution >= 0.6 is 15.9 Å². The Morgan fingerprint density at radius 1 is 1.28 bits per heavy atom. The van der Waals surface area contributed by atoms with Crippen LogP contribution < -0.4 is 5.32 Å². The van der Waals surface area contributed by atoms with Gasteiger partial charge in [0.15, 0.2) is 0 Å². The van der Waals surface area contributed by atoms with Crippen LogP contribution in [0, 0.1) is 0 Å². The van der Waals surface area contributed by atoms with Gasteiger partial charge in [0.25, 0.3) is 0 Å². The molecule has 0 heterocycles. The first-order valence-corrected chi connectivity index (χ1v) is 6.38. The molecule has 1 aromatic rings. The molecule has 0 bridgehead atoms. The Morgan fingerprint density at radius 2 is 1.89 bits per heavy atom. The number of rotatable bonds is 6. The second-order valence-corrected chi connectivity index (χ2v) is 4.78. The van der Waals surface area contributed by atoms with Gasteiger partial charge in [0.2, 0.25) is 0 Å². The SMILES string of the molecule is CCC(COC(F)(F)F)NCc1ccc(Br)cc1. The first-order chi connectivity index (χ1) is 8.40. The fraction of sp³-hybridized carbons (Fsp3) is 0.500. The number of hydrogen-bond donors (Lipinski definition) is 1. The van der Waals surface area contributed by atoms with Gasteiger partial charge in [-0.2, -0.15) is 0 Å². The average molecular weight is 326 g/mol. The standard InChI is InChI=1S/C12H15BrF3NO/c1-2-11(8-18-12(14,15)16)17-7-9-3-5-10(13)6-4-9/h3-6,11,17H,2,7-8H2,1H3. The van der Waals surface area contributed by atoms with E-state index in [9.17, 15) is 13.2 Å². The Labute approximate surface area is 113 Å². The maximum Gasteiger partial charge on any atom is 0.522 e. The Morgan fingerprint density at radius 3 is 2.39 bits per heavy atom. The van der Waals surface area contributed by atoms with E-state index in [2.05, 4.69) is 26.0 Å². The van der Waals surface area contributed by atoms with E-state index in [1.54, 1.807) is 0 Å². The van der Waals surface area contributed by atoms with Crippen LogP contribution in [0.15, 0.2) is 28.7 Å². The second kappa shape index (κ2) is 7.11. The lowest BCUT2D eigenvalue weighted by molar-refractivity contribution is -0.326. The molecule has 18 heavy (non-hydrogen) atoms. The highest BCUT2D eigenvalue weighted by molar-refractivity contribution is 9.10. The topological polar surface area (TPSA) is 21.3 Å². The van der Waals surface area contributed by atoms with Crippen LogP contribution in [0.3, 0.4) is 0 Å². The number of ether oxygens (including phenoxy) is 1. The van der Waals surface area contributed by atoms with E-state index in [-0.39, 0.29) is 12.6 Å². The number of halogens is 4. The molecule has 0 spiro atoms. The molecule has 0 aromatic heterocycles. The quantitative estimate of drug-likeness (QED) is 0.857. The molecule has 0 aliphatic carbocycles. The summed E-state index contributed by atoms with van der Waals surface area (Å²) in [7, 11) is 0. The van der Waals surface area contributed by atoms with Gasteiger partial charge in [-0.1, -0.05) is 35.0 Å². The first-order valence-electron chi connectivity index (χ1n) is 5.59. The van der Waals surface area contributed by atoms with Crippen LogP contribution in [0.4, 0.5) is 13.2 Å². The Hall–Kier alpha value is -0.590. The number of alkyl halides is 3. The third-order valence-electron chi connectivity index (χ3n) is 2.45. The highest BCUT2D eigenvalue weighted by atomic mass is 79.9. The molecule has 2 nitrogen and oxygen atoms in total. The molecule has 1 atom stereocenters. The summed E-state index contributed by atoms with van der Waals surface area (Å²) in [6, 6.07) is 7.30. The summed E-state index contributed by atoms with van der Waals surface area (Å²) in [4.78, 5) is 0. The van der Waals surface area contributed by atoms with E-state index < -0.39 is 6.36 Å². The summed E-state index contributed by atoms with van der Waals surface area (Å²) in [5.74, 6) is 0. The molecule has 6 heteroatoms. The molecule has 102 valence electrons. The second-order valence-electron chi connectivity index (χ2n) is 3.87. The Balaban J connectivity index is 2.37. The monoisotopic (exact) mass is 325 g/mol. The molecule has 0 aliphatic rings. The molecular weight excluding hydrogens is 311 g/mol. The van der Waals surface area contributed by atoms with Gasteiger partial charge >= 0.3 is 6.36 Å². The summed E-state index contributed by atoms with van der Waals surface area (Å²) >= 11 is 3.32. The van der Waals surface area contributed by atoms with Crippen molar-refractivity contribution in [2.45, 2.75) is 32.3 Å². The van der Waals surface area contributed by atoms with Crippen molar-refractivity contribution in [2.75, 3.05) is 6.61 Å². The van der Waals surface area contributed by atoms with Gasteiger partial charge in [0.1, 0.15) is 0 Å². The first kappa shape index (κ1) is 15.5. The number of nitrogens with one attached hydrogen (secondary N) is 1. The van der Waals surface area contributed by atoms with Gasteiger partial charge in [-0.25, -0.2) is 0 Å². The predicted molar refractivity (Wildman–Crippen MR) is 67.1 cm³/mol. The van der Waals surface area contributed by atoms with Crippen LogP contribution in [0.25, 0.3) is 0 Å². The fourth-order valence-electron chi connectivity index (χ4n) is 1.38. The highest BCUT2D eigenvalue weighted by Gasteiger charge is 2.29. The van der Waals surface area contributed by atoms with Crippen molar-refractivity contribution in [1.29, 1.82) is 0 Å². The molecule has 0 amide bonds. The van der Waals surface area contributed by atoms with Crippen molar-refractivity contribution < 1.29 is 17.9 Å². The summed E-state index contributed by atoms with van der Waals surface area (Å²) in [6.45, 7) is 1.97. The average Bonchev–Trinajstić information content (AvgIpc) is 2.30. The summed E-state index contributed by atoms with van der Waals surface area (Å²) in [5.41, 5.74) is 1.02. The van der Waals surface area contributed by atoms with E-state index in [1.807, 2.05) is 31.2 Å². The molecule has 0 fully saturated rings. The summed E-state index contributed by atoms with van der Waals surface area (Å²) in [5, 5.41) is 3.04. The molecule has 0 radical (unpaired) electrons. The van der Waals surface area contributed by atoms with E-state index in [4.69, 9.17) is 0 Å². The van der Waals surface area contributed by atoms with Crippen LogP contribution in [-0.4, -0.2) is 19.0 Å². The summed E-state index contributed by atoms with van der Waals surface area (Å²) < 4.78 is 40.5. The van der Waals surface area contributed by atoms with Crippen molar-refractivity contribution in [2.24, 2.45) is 0 Å². The van der Waals surface area contributed by atoms with Crippen molar-refractivity contribution in [3.63, 3.8) is 0 Å². The molecule has 1 rings (SSSR count). The third-order valence-corrected chi connectivity index (χ3v) is 2.98. The smallest absolute Gasteiger partial charge is 0.308 e. The van der Waals surface area contributed by atoms with Gasteiger partial charge in [-0.15, -0.1) is 13.2 Å². The highest BCUT2D eigenvalue weighted by Crippen LogP contribution is 2.17. The zero-order chi connectivity index (χ0) is 13.6. The van der Waals surface area contributed by atoms with E-state index in [0.717, 1.165) is 10.0 Å². The van der Waals surface area contributed by atoms with Crippen LogP contribution in [0.1, 0.15) is 18.9 Å². The van der Waals surface area contributed by atoms with Crippen molar-refractivity contribution >= 4 is 15.9 Å². The van der Waals surface area contributed by atoms with Gasteiger partial charge in [-0.3, -0.25) is 4.74 Å². The summed E-state index contributed by atoms with van der Waals surface area (Å²) in [6.07, 6.45) is -3.99. The maximum atomic E-state index is 11.9. The van der Waals surface area contributed by atoms with Gasteiger partial charge < -0.3 is 5.32 Å². The van der Waals surface area contributed by atoms with E-state index in [1.165, 1.54) is 0 Å². The minimum atomic E-state index is -4.56. The fourth-order valence-corrected chi connectivity index (χ4v) is 1.64. The minimum absolute atomic E-state index is 0.310. The molecule has 0 saturated heterocycles. The lowest BCUT2D eigenvalue weighted by atomic mass is 10.2. The lowest BCUT2D eigenvalue weighted by Gasteiger charge is -2.18. The normalized spacial score (nSPS) is 13.6. The Kier molecular flexibility index (Phi) is 6.11. The molecule has 1 N–H and O–H groups in total. The van der Waals surface area contributed by atoms with Gasteiger partial charge in [-0.05, 0) is 24.1 Å². The molecule has 1 aromatic carbocycles. The van der Waals surface area contributed by atoms with Crippen LogP contribution in [0.2, 0.25) is 0 Å². The van der Waals surface area contributed by atoms with Crippen LogP contribution in [0.5, 0.6) is 0 Å². The number of benzene rings is 1. The minimum Gasteiger partial charge on any atom is -0.308 e. The molecule has 0 aliphatic heterocycles. The lowest BCUT2D eigenvalue weighted by Crippen LogP contribution is -2.34. The maximum absolute atomic E-state index is 11.9. The van der Waals surface area contributed by atoms with Crippen molar-refractivity contribution in [3.8, 4) is 0 Å². The number of hydrogen-bond acceptors (Lipinski definition) is 2. The van der Waals surface area contributed by atoms with Crippen molar-refractivity contribution in [3.05, 3.63) is 34.3 Å². The van der Waals surface area contributed by atoms with Crippen molar-refractivity contribution in [1.82, 2.24) is 5.32 Å². The van der Waals surface area contributed by atoms with Crippen LogP contribution in [-0.2, 0) is 11.3 Å². The van der Waals surface area contributed by atoms with E-state index >= 15 is 0 Å². The zero-order valence-corrected chi connectivity index (χ0v) is 11.5. The van der Waals surface area contributed by atoms with Gasteiger partial charge in [0, 0.05) is 17.1 Å². The third kappa shape index (κ3) is 6.37. The zero-order valence-electron chi connectivity index (χ0n) is 9.93. The predicted octanol–water partition coefficient (Wildman–Crippen LogP) is 3.85. The molecule has 0 saturated carbocycles. The Bertz CT molecular complexity index is 353. The largest absolute Gasteiger partial charge is 0.522 e. The van der Waals surface area contributed by atoms with E-state index in [0.29, 0.717) is 13.0 Å². The molecular formula is C12H15BrF3NO. The molecule has 1 unspecified atom stereocenters.